The van der Waals surface area contributed by atoms with E-state index in [0.29, 0.717) is 0 Å². The Morgan fingerprint density at radius 3 is 2.00 bits per heavy atom. The monoisotopic (exact) mass is 242 g/mol. The van der Waals surface area contributed by atoms with Gasteiger partial charge in [0, 0.05) is 0 Å². The lowest BCUT2D eigenvalue weighted by Crippen LogP contribution is -2.38. The Labute approximate surface area is 92.1 Å². The summed E-state index contributed by atoms with van der Waals surface area (Å²) >= 11 is 10.5. The van der Waals surface area contributed by atoms with Gasteiger partial charge >= 0.3 is 16.3 Å². The van der Waals surface area contributed by atoms with Crippen LogP contribution in [0.2, 0.25) is 0 Å². The number of rotatable bonds is 3. The van der Waals surface area contributed by atoms with Crippen molar-refractivity contribution in [2.24, 2.45) is 5.41 Å². The SMILES string of the molecule is CC(C)(C)COC(=O)C(Cl)(Cl)C(=O)O. The molecule has 0 atom stereocenters. The molecule has 4 nitrogen and oxygen atoms in total. The molecule has 0 heterocycles. The molecule has 0 aliphatic carbocycles. The number of alkyl halides is 2. The van der Waals surface area contributed by atoms with Gasteiger partial charge in [0.2, 0.25) is 0 Å². The van der Waals surface area contributed by atoms with E-state index >= 15 is 0 Å². The Morgan fingerprint density at radius 1 is 1.29 bits per heavy atom. The van der Waals surface area contributed by atoms with Gasteiger partial charge in [-0.05, 0) is 5.41 Å². The molecule has 0 saturated heterocycles. The molecule has 0 aliphatic heterocycles. The van der Waals surface area contributed by atoms with E-state index in [0.717, 1.165) is 0 Å². The van der Waals surface area contributed by atoms with Crippen molar-refractivity contribution in [3.05, 3.63) is 0 Å². The molecule has 0 bridgehead atoms. The molecule has 14 heavy (non-hydrogen) atoms. The van der Waals surface area contributed by atoms with Crippen LogP contribution in [0, 0.1) is 5.41 Å². The highest BCUT2D eigenvalue weighted by Gasteiger charge is 2.44. The average molecular weight is 243 g/mol. The Balaban J connectivity index is 4.30. The smallest absolute Gasteiger partial charge is 0.354 e. The topological polar surface area (TPSA) is 63.6 Å². The van der Waals surface area contributed by atoms with Crippen molar-refractivity contribution in [1.29, 1.82) is 0 Å². The van der Waals surface area contributed by atoms with Crippen molar-refractivity contribution >= 4 is 35.1 Å². The molecular formula is C8H12Cl2O4. The number of halogens is 2. The molecule has 0 aromatic carbocycles. The van der Waals surface area contributed by atoms with Gasteiger partial charge in [-0.25, -0.2) is 9.59 Å². The highest BCUT2D eigenvalue weighted by Crippen LogP contribution is 2.24. The number of ether oxygens (including phenoxy) is 1. The summed E-state index contributed by atoms with van der Waals surface area (Å²) in [5.74, 6) is -2.80. The lowest BCUT2D eigenvalue weighted by molar-refractivity contribution is -0.154. The first-order chi connectivity index (χ1) is 6.07. The van der Waals surface area contributed by atoms with Crippen LogP contribution in [-0.2, 0) is 14.3 Å². The second-order valence-electron chi connectivity index (χ2n) is 4.02. The van der Waals surface area contributed by atoms with E-state index in [2.05, 4.69) is 4.74 Å². The van der Waals surface area contributed by atoms with E-state index in [-0.39, 0.29) is 12.0 Å². The van der Waals surface area contributed by atoms with E-state index in [9.17, 15) is 9.59 Å². The molecule has 0 aromatic rings. The van der Waals surface area contributed by atoms with Gasteiger partial charge in [-0.2, -0.15) is 0 Å². The second kappa shape index (κ2) is 4.36. The molecule has 1 N–H and O–H groups in total. The Morgan fingerprint density at radius 2 is 1.71 bits per heavy atom. The molecule has 0 rings (SSSR count). The maximum Gasteiger partial charge on any atom is 0.354 e. The number of carbonyl (C=O) groups excluding carboxylic acids is 1. The van der Waals surface area contributed by atoms with E-state index < -0.39 is 16.3 Å². The van der Waals surface area contributed by atoms with Crippen molar-refractivity contribution in [3.63, 3.8) is 0 Å². The number of hydrogen-bond acceptors (Lipinski definition) is 3. The fourth-order valence-electron chi connectivity index (χ4n) is 0.460. The van der Waals surface area contributed by atoms with Crippen molar-refractivity contribution < 1.29 is 19.4 Å². The summed E-state index contributed by atoms with van der Waals surface area (Å²) in [6.45, 7) is 5.53. The second-order valence-corrected chi connectivity index (χ2v) is 5.34. The van der Waals surface area contributed by atoms with Crippen LogP contribution in [0.25, 0.3) is 0 Å². The highest BCUT2D eigenvalue weighted by molar-refractivity contribution is 6.66. The number of aliphatic carboxylic acids is 1. The van der Waals surface area contributed by atoms with Gasteiger partial charge in [-0.15, -0.1) is 0 Å². The van der Waals surface area contributed by atoms with E-state index in [4.69, 9.17) is 28.3 Å². The van der Waals surface area contributed by atoms with Crippen LogP contribution in [0.5, 0.6) is 0 Å². The number of esters is 1. The molecule has 0 saturated carbocycles. The third-order valence-corrected chi connectivity index (χ3v) is 1.79. The molecule has 0 spiro atoms. The summed E-state index contributed by atoms with van der Waals surface area (Å²) in [6, 6.07) is 0. The van der Waals surface area contributed by atoms with Gasteiger partial charge in [0.05, 0.1) is 6.61 Å². The molecular weight excluding hydrogens is 231 g/mol. The van der Waals surface area contributed by atoms with Gasteiger partial charge in [-0.1, -0.05) is 44.0 Å². The first-order valence-electron chi connectivity index (χ1n) is 3.86. The van der Waals surface area contributed by atoms with E-state index in [1.54, 1.807) is 0 Å². The van der Waals surface area contributed by atoms with Gasteiger partial charge in [0.1, 0.15) is 0 Å². The zero-order valence-electron chi connectivity index (χ0n) is 8.13. The Kier molecular flexibility index (Phi) is 4.21. The van der Waals surface area contributed by atoms with Crippen LogP contribution in [-0.4, -0.2) is 28.0 Å². The van der Waals surface area contributed by atoms with Crippen LogP contribution < -0.4 is 0 Å². The van der Waals surface area contributed by atoms with Crippen molar-refractivity contribution in [2.75, 3.05) is 6.61 Å². The minimum atomic E-state index is -2.52. The van der Waals surface area contributed by atoms with Crippen molar-refractivity contribution in [2.45, 2.75) is 25.1 Å². The molecule has 0 fully saturated rings. The lowest BCUT2D eigenvalue weighted by Gasteiger charge is -2.20. The maximum absolute atomic E-state index is 11.1. The summed E-state index contributed by atoms with van der Waals surface area (Å²) in [6.07, 6.45) is 0. The Hall–Kier alpha value is -0.480. The summed E-state index contributed by atoms with van der Waals surface area (Å²) < 4.78 is 2.13. The molecule has 0 aromatic heterocycles. The molecule has 0 radical (unpaired) electrons. The molecule has 0 aliphatic rings. The molecule has 82 valence electrons. The summed E-state index contributed by atoms with van der Waals surface area (Å²) in [5.41, 5.74) is -0.266. The van der Waals surface area contributed by atoms with Crippen molar-refractivity contribution in [1.82, 2.24) is 0 Å². The van der Waals surface area contributed by atoms with E-state index in [1.807, 2.05) is 20.8 Å². The fraction of sp³-hybridized carbons (Fsp3) is 0.750. The highest BCUT2D eigenvalue weighted by atomic mass is 35.5. The summed E-state index contributed by atoms with van der Waals surface area (Å²) in [5, 5.41) is 8.48. The summed E-state index contributed by atoms with van der Waals surface area (Å²) in [4.78, 5) is 21.5. The maximum atomic E-state index is 11.1. The molecule has 0 amide bonds. The van der Waals surface area contributed by atoms with Crippen LogP contribution in [0.4, 0.5) is 0 Å². The quantitative estimate of drug-likeness (QED) is 0.466. The van der Waals surface area contributed by atoms with Crippen LogP contribution >= 0.6 is 23.2 Å². The zero-order valence-corrected chi connectivity index (χ0v) is 9.65. The number of carboxylic acids is 1. The zero-order chi connectivity index (χ0) is 11.6. The lowest BCUT2D eigenvalue weighted by atomic mass is 9.99. The first kappa shape index (κ1) is 13.5. The minimum absolute atomic E-state index is 0.0559. The number of carboxylic acid groups (broad SMARTS) is 1. The normalized spacial score (nSPS) is 12.4. The molecule has 6 heteroatoms. The Bertz CT molecular complexity index is 242. The number of carbonyl (C=O) groups is 2. The molecule has 0 unspecified atom stereocenters. The summed E-state index contributed by atoms with van der Waals surface area (Å²) in [7, 11) is 0. The van der Waals surface area contributed by atoms with Crippen molar-refractivity contribution in [3.8, 4) is 0 Å². The third-order valence-electron chi connectivity index (χ3n) is 1.16. The van der Waals surface area contributed by atoms with Gasteiger partial charge in [0.25, 0.3) is 0 Å². The number of hydrogen-bond donors (Lipinski definition) is 1. The third kappa shape index (κ3) is 4.15. The standard InChI is InChI=1S/C8H12Cl2O4/c1-7(2,3)4-14-6(13)8(9,10)5(11)12/h4H2,1-3H3,(H,11,12). The van der Waals surface area contributed by atoms with Gasteiger partial charge in [-0.3, -0.25) is 0 Å². The van der Waals surface area contributed by atoms with Gasteiger partial charge < -0.3 is 9.84 Å². The first-order valence-corrected chi connectivity index (χ1v) is 4.61. The van der Waals surface area contributed by atoms with Crippen LogP contribution in [0.15, 0.2) is 0 Å². The van der Waals surface area contributed by atoms with Crippen LogP contribution in [0.1, 0.15) is 20.8 Å². The van der Waals surface area contributed by atoms with Crippen LogP contribution in [0.3, 0.4) is 0 Å². The fourth-order valence-corrected chi connectivity index (χ4v) is 0.569. The largest absolute Gasteiger partial charge is 0.479 e. The van der Waals surface area contributed by atoms with E-state index in [1.165, 1.54) is 0 Å². The minimum Gasteiger partial charge on any atom is -0.479 e. The predicted molar refractivity (Wildman–Crippen MR) is 52.5 cm³/mol. The van der Waals surface area contributed by atoms with Gasteiger partial charge in [0.15, 0.2) is 0 Å². The average Bonchev–Trinajstić information content (AvgIpc) is 1.98. The predicted octanol–water partition coefficient (Wildman–Crippen LogP) is 1.83.